The Bertz CT molecular complexity index is 627. The summed E-state index contributed by atoms with van der Waals surface area (Å²) < 4.78 is 5.12. The smallest absolute Gasteiger partial charge is 0.253 e. The van der Waals surface area contributed by atoms with E-state index in [-0.39, 0.29) is 11.8 Å². The number of amides is 2. The zero-order valence-corrected chi connectivity index (χ0v) is 13.9. The number of nitrogens with zero attached hydrogens (tertiary/aromatic N) is 2. The van der Waals surface area contributed by atoms with Crippen LogP contribution in [0.15, 0.2) is 24.3 Å². The molecule has 4 rings (SSSR count). The topological polar surface area (TPSA) is 61.9 Å². The van der Waals surface area contributed by atoms with E-state index in [4.69, 9.17) is 4.74 Å². The second-order valence-electron chi connectivity index (χ2n) is 6.86. The number of hydrogen-bond donors (Lipinski definition) is 1. The molecule has 6 nitrogen and oxygen atoms in total. The van der Waals surface area contributed by atoms with E-state index in [0.29, 0.717) is 49.5 Å². The van der Waals surface area contributed by atoms with E-state index in [1.165, 1.54) is 0 Å². The molecule has 24 heavy (non-hydrogen) atoms. The molecular formula is C18H23N3O3. The van der Waals surface area contributed by atoms with Crippen molar-refractivity contribution in [2.24, 2.45) is 17.8 Å². The Labute approximate surface area is 141 Å². The molecule has 1 N–H and O–H groups in total. The predicted octanol–water partition coefficient (Wildman–Crippen LogP) is 0.445. The van der Waals surface area contributed by atoms with Crippen molar-refractivity contribution < 1.29 is 14.3 Å². The third kappa shape index (κ3) is 2.65. The van der Waals surface area contributed by atoms with Crippen LogP contribution in [-0.2, 0) is 4.79 Å². The summed E-state index contributed by atoms with van der Waals surface area (Å²) in [5, 5.41) is 3.33. The van der Waals surface area contributed by atoms with E-state index in [0.717, 1.165) is 18.8 Å². The highest BCUT2D eigenvalue weighted by Crippen LogP contribution is 2.49. The number of hydrogen-bond acceptors (Lipinski definition) is 4. The van der Waals surface area contributed by atoms with Crippen LogP contribution >= 0.6 is 0 Å². The number of benzene rings is 1. The molecule has 128 valence electrons. The lowest BCUT2D eigenvalue weighted by atomic mass is 10.1. The van der Waals surface area contributed by atoms with Crippen LogP contribution in [-0.4, -0.2) is 68.0 Å². The minimum atomic E-state index is 0.0252. The fourth-order valence-electron chi connectivity index (χ4n) is 4.04. The second kappa shape index (κ2) is 6.09. The lowest BCUT2D eigenvalue weighted by Gasteiger charge is -2.35. The van der Waals surface area contributed by atoms with Gasteiger partial charge in [0.05, 0.1) is 7.11 Å². The molecule has 3 fully saturated rings. The summed E-state index contributed by atoms with van der Waals surface area (Å²) in [6, 6.07) is 7.17. The number of methoxy groups -OCH3 is 1. The first-order valence-electron chi connectivity index (χ1n) is 8.62. The molecule has 2 aliphatic heterocycles. The molecule has 3 aliphatic rings. The van der Waals surface area contributed by atoms with Crippen molar-refractivity contribution in [3.63, 3.8) is 0 Å². The van der Waals surface area contributed by atoms with Crippen molar-refractivity contribution in [2.45, 2.75) is 0 Å². The molecule has 6 heteroatoms. The molecule has 2 saturated heterocycles. The monoisotopic (exact) mass is 329 g/mol. The van der Waals surface area contributed by atoms with Crippen LogP contribution in [0.4, 0.5) is 0 Å². The van der Waals surface area contributed by atoms with Gasteiger partial charge in [-0.15, -0.1) is 0 Å². The third-order valence-electron chi connectivity index (χ3n) is 5.59. The van der Waals surface area contributed by atoms with E-state index in [9.17, 15) is 9.59 Å². The standard InChI is InChI=1S/C18H23N3O3/c1-24-13-4-2-12(3-5-13)17(22)20-6-8-21(9-7-20)18(23)16-14-10-19-11-15(14)16/h2-5,14-16,19H,6-11H2,1H3/t14-,15+,16?. The Morgan fingerprint density at radius 2 is 1.58 bits per heavy atom. The van der Waals surface area contributed by atoms with Crippen LogP contribution in [0.1, 0.15) is 10.4 Å². The minimum absolute atomic E-state index is 0.0252. The lowest BCUT2D eigenvalue weighted by molar-refractivity contribution is -0.134. The van der Waals surface area contributed by atoms with Gasteiger partial charge in [-0.2, -0.15) is 0 Å². The number of fused-ring (bicyclic) bond motifs is 1. The van der Waals surface area contributed by atoms with Crippen molar-refractivity contribution in [1.82, 2.24) is 15.1 Å². The average molecular weight is 329 g/mol. The van der Waals surface area contributed by atoms with Crippen molar-refractivity contribution in [1.29, 1.82) is 0 Å². The molecule has 0 bridgehead atoms. The Morgan fingerprint density at radius 3 is 2.17 bits per heavy atom. The fraction of sp³-hybridized carbons (Fsp3) is 0.556. The van der Waals surface area contributed by atoms with E-state index < -0.39 is 0 Å². The quantitative estimate of drug-likeness (QED) is 0.874. The molecule has 2 heterocycles. The summed E-state index contributed by atoms with van der Waals surface area (Å²) in [6.07, 6.45) is 0. The molecule has 0 radical (unpaired) electrons. The Morgan fingerprint density at radius 1 is 1.00 bits per heavy atom. The second-order valence-corrected chi connectivity index (χ2v) is 6.86. The van der Waals surface area contributed by atoms with Crippen LogP contribution in [0, 0.1) is 17.8 Å². The third-order valence-corrected chi connectivity index (χ3v) is 5.59. The fourth-order valence-corrected chi connectivity index (χ4v) is 4.04. The highest BCUT2D eigenvalue weighted by atomic mass is 16.5. The molecule has 1 unspecified atom stereocenters. The number of piperidine rings is 1. The maximum atomic E-state index is 12.6. The van der Waals surface area contributed by atoms with Gasteiger partial charge in [-0.05, 0) is 49.2 Å². The largest absolute Gasteiger partial charge is 0.497 e. The summed E-state index contributed by atoms with van der Waals surface area (Å²) >= 11 is 0. The zero-order chi connectivity index (χ0) is 16.7. The Balaban J connectivity index is 1.32. The summed E-state index contributed by atoms with van der Waals surface area (Å²) in [7, 11) is 1.61. The van der Waals surface area contributed by atoms with Gasteiger partial charge in [0.2, 0.25) is 5.91 Å². The van der Waals surface area contributed by atoms with Crippen LogP contribution in [0.25, 0.3) is 0 Å². The molecule has 1 aromatic rings. The number of ether oxygens (including phenoxy) is 1. The lowest BCUT2D eigenvalue weighted by Crippen LogP contribution is -2.51. The van der Waals surface area contributed by atoms with Crippen molar-refractivity contribution in [2.75, 3.05) is 46.4 Å². The van der Waals surface area contributed by atoms with E-state index in [2.05, 4.69) is 5.32 Å². The van der Waals surface area contributed by atoms with Crippen molar-refractivity contribution in [3.8, 4) is 5.75 Å². The summed E-state index contributed by atoms with van der Waals surface area (Å²) in [5.74, 6) is 2.40. The normalized spacial score (nSPS) is 28.5. The molecule has 1 aliphatic carbocycles. The number of rotatable bonds is 3. The van der Waals surface area contributed by atoms with Gasteiger partial charge in [-0.3, -0.25) is 9.59 Å². The van der Waals surface area contributed by atoms with Crippen LogP contribution in [0.2, 0.25) is 0 Å². The summed E-state index contributed by atoms with van der Waals surface area (Å²) in [5.41, 5.74) is 0.665. The van der Waals surface area contributed by atoms with E-state index >= 15 is 0 Å². The molecule has 0 aromatic heterocycles. The Kier molecular flexibility index (Phi) is 3.92. The average Bonchev–Trinajstić information content (AvgIpc) is 3.12. The van der Waals surface area contributed by atoms with Gasteiger partial charge in [0.25, 0.3) is 5.91 Å². The van der Waals surface area contributed by atoms with E-state index in [1.54, 1.807) is 31.4 Å². The molecule has 1 saturated carbocycles. The van der Waals surface area contributed by atoms with Crippen molar-refractivity contribution >= 4 is 11.8 Å². The van der Waals surface area contributed by atoms with Crippen LogP contribution in [0.3, 0.4) is 0 Å². The number of nitrogens with one attached hydrogen (secondary N) is 1. The van der Waals surface area contributed by atoms with Crippen LogP contribution < -0.4 is 10.1 Å². The predicted molar refractivity (Wildman–Crippen MR) is 88.8 cm³/mol. The minimum Gasteiger partial charge on any atom is -0.497 e. The first kappa shape index (κ1) is 15.4. The SMILES string of the molecule is COc1ccc(C(=O)N2CCN(C(=O)C3[C@H]4CNC[C@@H]34)CC2)cc1. The maximum Gasteiger partial charge on any atom is 0.253 e. The zero-order valence-electron chi connectivity index (χ0n) is 13.9. The molecule has 0 spiro atoms. The number of carbonyl (C=O) groups is 2. The maximum absolute atomic E-state index is 12.6. The molecule has 2 amide bonds. The first-order valence-corrected chi connectivity index (χ1v) is 8.62. The first-order chi connectivity index (χ1) is 11.7. The van der Waals surface area contributed by atoms with Gasteiger partial charge in [0.1, 0.15) is 5.75 Å². The van der Waals surface area contributed by atoms with Gasteiger partial charge in [-0.1, -0.05) is 0 Å². The molecule has 3 atom stereocenters. The van der Waals surface area contributed by atoms with Crippen LogP contribution in [0.5, 0.6) is 5.75 Å². The summed E-state index contributed by atoms with van der Waals surface area (Å²) in [4.78, 5) is 28.9. The molecular weight excluding hydrogens is 306 g/mol. The number of carbonyl (C=O) groups excluding carboxylic acids is 2. The van der Waals surface area contributed by atoms with Crippen molar-refractivity contribution in [3.05, 3.63) is 29.8 Å². The van der Waals surface area contributed by atoms with Gasteiger partial charge in [0.15, 0.2) is 0 Å². The highest BCUT2D eigenvalue weighted by molar-refractivity contribution is 5.94. The van der Waals surface area contributed by atoms with Gasteiger partial charge >= 0.3 is 0 Å². The van der Waals surface area contributed by atoms with Gasteiger partial charge in [0, 0.05) is 37.7 Å². The summed E-state index contributed by atoms with van der Waals surface area (Å²) in [6.45, 7) is 4.47. The molecule has 1 aromatic carbocycles. The van der Waals surface area contributed by atoms with Gasteiger partial charge < -0.3 is 19.9 Å². The van der Waals surface area contributed by atoms with Gasteiger partial charge in [-0.25, -0.2) is 0 Å². The number of piperazine rings is 1. The van der Waals surface area contributed by atoms with E-state index in [1.807, 2.05) is 9.80 Å². The highest BCUT2D eigenvalue weighted by Gasteiger charge is 2.57. The Hall–Kier alpha value is -2.08.